The molecule has 1 aliphatic heterocycles. The highest BCUT2D eigenvalue weighted by molar-refractivity contribution is 5.65. The number of ether oxygens (including phenoxy) is 2. The van der Waals surface area contributed by atoms with Gasteiger partial charge in [-0.15, -0.1) is 0 Å². The van der Waals surface area contributed by atoms with Crippen LogP contribution in [-0.4, -0.2) is 49.2 Å². The number of carbonyl (C=O) groups is 1. The lowest BCUT2D eigenvalue weighted by atomic mass is 9.78. The molecule has 3 rings (SSSR count). The van der Waals surface area contributed by atoms with Crippen LogP contribution in [0.2, 0.25) is 0 Å². The Morgan fingerprint density at radius 2 is 2.10 bits per heavy atom. The van der Waals surface area contributed by atoms with E-state index in [1.165, 1.54) is 16.0 Å². The molecule has 21 heavy (non-hydrogen) atoms. The van der Waals surface area contributed by atoms with E-state index in [-0.39, 0.29) is 11.7 Å². The highest BCUT2D eigenvalue weighted by Gasteiger charge is 2.43. The average molecular weight is 291 g/mol. The predicted molar refractivity (Wildman–Crippen MR) is 77.4 cm³/mol. The lowest BCUT2D eigenvalue weighted by Crippen LogP contribution is -2.42. The van der Waals surface area contributed by atoms with Crippen molar-refractivity contribution in [1.82, 2.24) is 4.90 Å². The molecular formula is C16H21NO4. The highest BCUT2D eigenvalue weighted by atomic mass is 16.7. The third-order valence-corrected chi connectivity index (χ3v) is 4.58. The Morgan fingerprint density at radius 3 is 2.81 bits per heavy atom. The van der Waals surface area contributed by atoms with Crippen molar-refractivity contribution in [2.45, 2.75) is 31.0 Å². The summed E-state index contributed by atoms with van der Waals surface area (Å²) in [5.41, 5.74) is 2.35. The normalized spacial score (nSPS) is 25.0. The molecule has 1 saturated heterocycles. The standard InChI is InChI=1S/C16H21NO4/c1-17(15(18)19)11-16(10-14-20-8-9-21-14)7-6-12-4-2-3-5-13(12)16/h2-5,14H,6-11H2,1H3,(H,18,19). The maximum Gasteiger partial charge on any atom is 0.407 e. The number of benzene rings is 1. The van der Waals surface area contributed by atoms with E-state index in [0.29, 0.717) is 26.2 Å². The summed E-state index contributed by atoms with van der Waals surface area (Å²) in [5.74, 6) is 0. The van der Waals surface area contributed by atoms with Gasteiger partial charge in [0.05, 0.1) is 13.2 Å². The summed E-state index contributed by atoms with van der Waals surface area (Å²) in [6, 6.07) is 8.32. The van der Waals surface area contributed by atoms with E-state index < -0.39 is 6.09 Å². The molecule has 1 fully saturated rings. The summed E-state index contributed by atoms with van der Waals surface area (Å²) >= 11 is 0. The molecule has 0 aromatic heterocycles. The average Bonchev–Trinajstić information content (AvgIpc) is 3.09. The summed E-state index contributed by atoms with van der Waals surface area (Å²) in [6.07, 6.45) is 1.51. The summed E-state index contributed by atoms with van der Waals surface area (Å²) in [4.78, 5) is 12.6. The van der Waals surface area contributed by atoms with E-state index in [2.05, 4.69) is 12.1 Å². The Morgan fingerprint density at radius 1 is 1.38 bits per heavy atom. The van der Waals surface area contributed by atoms with Crippen LogP contribution in [0.1, 0.15) is 24.0 Å². The fourth-order valence-corrected chi connectivity index (χ4v) is 3.57. The van der Waals surface area contributed by atoms with Crippen molar-refractivity contribution in [2.24, 2.45) is 0 Å². The van der Waals surface area contributed by atoms with E-state index >= 15 is 0 Å². The van der Waals surface area contributed by atoms with E-state index in [1.54, 1.807) is 7.05 Å². The Labute approximate surface area is 124 Å². The lowest BCUT2D eigenvalue weighted by Gasteiger charge is -2.35. The monoisotopic (exact) mass is 291 g/mol. The van der Waals surface area contributed by atoms with Crippen molar-refractivity contribution in [3.63, 3.8) is 0 Å². The molecule has 0 saturated carbocycles. The zero-order chi connectivity index (χ0) is 14.9. The summed E-state index contributed by atoms with van der Waals surface area (Å²) in [5, 5.41) is 9.23. The molecule has 5 heteroatoms. The van der Waals surface area contributed by atoms with Crippen molar-refractivity contribution < 1.29 is 19.4 Å². The molecule has 1 amide bonds. The van der Waals surface area contributed by atoms with Crippen molar-refractivity contribution in [3.8, 4) is 0 Å². The number of rotatable bonds is 4. The van der Waals surface area contributed by atoms with Crippen molar-refractivity contribution >= 4 is 6.09 Å². The Bertz CT molecular complexity index is 527. The molecule has 0 spiro atoms. The topological polar surface area (TPSA) is 59.0 Å². The van der Waals surface area contributed by atoms with Crippen LogP contribution in [-0.2, 0) is 21.3 Å². The first-order chi connectivity index (χ1) is 10.1. The van der Waals surface area contributed by atoms with Gasteiger partial charge >= 0.3 is 6.09 Å². The third-order valence-electron chi connectivity index (χ3n) is 4.58. The van der Waals surface area contributed by atoms with Crippen LogP contribution in [0.4, 0.5) is 4.79 Å². The van der Waals surface area contributed by atoms with Crippen molar-refractivity contribution in [1.29, 1.82) is 0 Å². The molecular weight excluding hydrogens is 270 g/mol. The fourth-order valence-electron chi connectivity index (χ4n) is 3.57. The van der Waals surface area contributed by atoms with E-state index in [0.717, 1.165) is 12.8 Å². The number of likely N-dealkylation sites (N-methyl/N-ethyl adjacent to an activating group) is 1. The van der Waals surface area contributed by atoms with Gasteiger partial charge in [-0.3, -0.25) is 0 Å². The molecule has 1 atom stereocenters. The number of fused-ring (bicyclic) bond motifs is 1. The minimum absolute atomic E-state index is 0.210. The molecule has 1 heterocycles. The van der Waals surface area contributed by atoms with Gasteiger partial charge in [0.1, 0.15) is 0 Å². The first-order valence-corrected chi connectivity index (χ1v) is 7.36. The molecule has 1 unspecified atom stereocenters. The molecule has 1 aliphatic carbocycles. The van der Waals surface area contributed by atoms with E-state index in [9.17, 15) is 9.90 Å². The predicted octanol–water partition coefficient (Wildman–Crippen LogP) is 2.24. The van der Waals surface area contributed by atoms with Gasteiger partial charge in [-0.2, -0.15) is 0 Å². The Hall–Kier alpha value is -1.59. The van der Waals surface area contributed by atoms with Gasteiger partial charge in [0.2, 0.25) is 0 Å². The second-order valence-electron chi connectivity index (χ2n) is 5.95. The zero-order valence-corrected chi connectivity index (χ0v) is 12.2. The van der Waals surface area contributed by atoms with Gasteiger partial charge in [0.25, 0.3) is 0 Å². The lowest BCUT2D eigenvalue weighted by molar-refractivity contribution is -0.0637. The van der Waals surface area contributed by atoms with E-state index in [4.69, 9.17) is 9.47 Å². The number of hydrogen-bond donors (Lipinski definition) is 1. The molecule has 0 bridgehead atoms. The van der Waals surface area contributed by atoms with Crippen LogP contribution >= 0.6 is 0 Å². The molecule has 1 aromatic rings. The van der Waals surface area contributed by atoms with Crippen molar-refractivity contribution in [2.75, 3.05) is 26.8 Å². The third kappa shape index (κ3) is 2.76. The summed E-state index contributed by atoms with van der Waals surface area (Å²) in [6.45, 7) is 1.72. The highest BCUT2D eigenvalue weighted by Crippen LogP contribution is 2.43. The van der Waals surface area contributed by atoms with Crippen LogP contribution in [0.5, 0.6) is 0 Å². The molecule has 1 N–H and O–H groups in total. The number of carboxylic acid groups (broad SMARTS) is 1. The van der Waals surface area contributed by atoms with Gasteiger partial charge in [-0.05, 0) is 24.0 Å². The summed E-state index contributed by atoms with van der Waals surface area (Å²) < 4.78 is 11.2. The maximum atomic E-state index is 11.2. The number of nitrogens with zero attached hydrogens (tertiary/aromatic N) is 1. The molecule has 1 aromatic carbocycles. The first kappa shape index (κ1) is 14.4. The first-order valence-electron chi connectivity index (χ1n) is 7.36. The number of hydrogen-bond acceptors (Lipinski definition) is 3. The SMILES string of the molecule is CN(CC1(CC2OCCO2)CCc2ccccc21)C(=O)O. The van der Waals surface area contributed by atoms with Crippen LogP contribution in [0.15, 0.2) is 24.3 Å². The van der Waals surface area contributed by atoms with Crippen molar-refractivity contribution in [3.05, 3.63) is 35.4 Å². The number of aryl methyl sites for hydroxylation is 1. The van der Waals surface area contributed by atoms with E-state index in [1.807, 2.05) is 12.1 Å². The van der Waals surface area contributed by atoms with Gasteiger partial charge in [0, 0.05) is 25.4 Å². The maximum absolute atomic E-state index is 11.2. The Balaban J connectivity index is 1.89. The van der Waals surface area contributed by atoms with Crippen LogP contribution < -0.4 is 0 Å². The number of amides is 1. The van der Waals surface area contributed by atoms with Crippen LogP contribution in [0.25, 0.3) is 0 Å². The second-order valence-corrected chi connectivity index (χ2v) is 5.95. The van der Waals surface area contributed by atoms with Gasteiger partial charge in [-0.25, -0.2) is 4.79 Å². The van der Waals surface area contributed by atoms with Crippen LogP contribution in [0, 0.1) is 0 Å². The molecule has 2 aliphatic rings. The van der Waals surface area contributed by atoms with Gasteiger partial charge in [-0.1, -0.05) is 24.3 Å². The smallest absolute Gasteiger partial charge is 0.407 e. The second kappa shape index (κ2) is 5.66. The minimum atomic E-state index is -0.896. The summed E-state index contributed by atoms with van der Waals surface area (Å²) in [7, 11) is 1.63. The van der Waals surface area contributed by atoms with Gasteiger partial charge in [0.15, 0.2) is 6.29 Å². The minimum Gasteiger partial charge on any atom is -0.465 e. The Kier molecular flexibility index (Phi) is 3.87. The fraction of sp³-hybridized carbons (Fsp3) is 0.562. The molecule has 114 valence electrons. The largest absolute Gasteiger partial charge is 0.465 e. The quantitative estimate of drug-likeness (QED) is 0.924. The van der Waals surface area contributed by atoms with Gasteiger partial charge < -0.3 is 19.5 Å². The molecule has 5 nitrogen and oxygen atoms in total. The van der Waals surface area contributed by atoms with Crippen LogP contribution in [0.3, 0.4) is 0 Å². The zero-order valence-electron chi connectivity index (χ0n) is 12.2. The molecule has 0 radical (unpaired) electrons.